The maximum atomic E-state index is 12.2. The van der Waals surface area contributed by atoms with E-state index in [1.807, 2.05) is 18.3 Å². The Bertz CT molecular complexity index is 835. The summed E-state index contributed by atoms with van der Waals surface area (Å²) in [5, 5.41) is 0.837. The molecule has 0 spiro atoms. The van der Waals surface area contributed by atoms with Gasteiger partial charge in [0.1, 0.15) is 5.78 Å². The number of likely N-dealkylation sites (tertiary alicyclic amines) is 1. The average Bonchev–Trinajstić information content (AvgIpc) is 2.80. The van der Waals surface area contributed by atoms with E-state index in [2.05, 4.69) is 30.1 Å². The van der Waals surface area contributed by atoms with Gasteiger partial charge in [0, 0.05) is 17.1 Å². The minimum absolute atomic E-state index is 0.00453. The predicted molar refractivity (Wildman–Crippen MR) is 105 cm³/mol. The number of carbonyl (C=O) groups is 1. The van der Waals surface area contributed by atoms with Crippen molar-refractivity contribution >= 4 is 17.4 Å². The molecule has 2 aromatic rings. The van der Waals surface area contributed by atoms with Crippen molar-refractivity contribution < 1.29 is 4.79 Å². The van der Waals surface area contributed by atoms with Crippen LogP contribution in [0.4, 0.5) is 0 Å². The molecule has 4 heteroatoms. The summed E-state index contributed by atoms with van der Waals surface area (Å²) < 4.78 is 0. The lowest BCUT2D eigenvalue weighted by molar-refractivity contribution is -0.123. The van der Waals surface area contributed by atoms with E-state index in [9.17, 15) is 4.79 Å². The number of aromatic nitrogens is 1. The molecule has 1 aromatic carbocycles. The number of aryl methyl sites for hydroxylation is 2. The van der Waals surface area contributed by atoms with Crippen LogP contribution in [0, 0.1) is 5.92 Å². The first kappa shape index (κ1) is 17.7. The van der Waals surface area contributed by atoms with Crippen LogP contribution in [-0.2, 0) is 17.6 Å². The van der Waals surface area contributed by atoms with E-state index in [-0.39, 0.29) is 17.7 Å². The highest BCUT2D eigenvalue weighted by atomic mass is 35.5. The number of carbonyl (C=O) groups excluding carboxylic acids is 1. The molecule has 4 rings (SSSR count). The summed E-state index contributed by atoms with van der Waals surface area (Å²) >= 11 is 6.72. The van der Waals surface area contributed by atoms with Crippen molar-refractivity contribution in [2.45, 2.75) is 44.6 Å². The number of rotatable bonds is 2. The van der Waals surface area contributed by atoms with Crippen molar-refractivity contribution in [3.8, 4) is 0 Å². The van der Waals surface area contributed by atoms with Gasteiger partial charge in [0.05, 0.1) is 11.7 Å². The van der Waals surface area contributed by atoms with Crippen molar-refractivity contribution in [2.75, 3.05) is 13.6 Å². The molecule has 1 saturated heterocycles. The molecule has 2 aliphatic rings. The molecule has 1 aliphatic heterocycles. The van der Waals surface area contributed by atoms with E-state index in [1.54, 1.807) is 6.92 Å². The number of halogens is 1. The third kappa shape index (κ3) is 3.08. The van der Waals surface area contributed by atoms with Gasteiger partial charge in [-0.1, -0.05) is 29.8 Å². The second-order valence-corrected chi connectivity index (χ2v) is 8.14. The molecule has 1 aliphatic carbocycles. The van der Waals surface area contributed by atoms with Crippen LogP contribution < -0.4 is 0 Å². The zero-order chi connectivity index (χ0) is 18.3. The molecule has 0 radical (unpaired) electrons. The Kier molecular flexibility index (Phi) is 4.85. The van der Waals surface area contributed by atoms with Gasteiger partial charge >= 0.3 is 0 Å². The van der Waals surface area contributed by atoms with Gasteiger partial charge in [-0.05, 0) is 80.9 Å². The first-order valence-corrected chi connectivity index (χ1v) is 9.86. The highest BCUT2D eigenvalue weighted by Crippen LogP contribution is 2.45. The normalized spacial score (nSPS) is 25.9. The summed E-state index contributed by atoms with van der Waals surface area (Å²) in [6.45, 7) is 2.65. The highest BCUT2D eigenvalue weighted by Gasteiger charge is 2.38. The Morgan fingerprint density at radius 2 is 1.96 bits per heavy atom. The molecule has 0 amide bonds. The van der Waals surface area contributed by atoms with Gasteiger partial charge in [0.15, 0.2) is 0 Å². The van der Waals surface area contributed by atoms with Crippen molar-refractivity contribution in [3.05, 3.63) is 63.9 Å². The van der Waals surface area contributed by atoms with E-state index in [1.165, 1.54) is 16.7 Å². The SMILES string of the molecule is CC(=O)[C@H]1CC([C@H]2c3ncccc3CCc3cccc(Cl)c32)CCN1C. The lowest BCUT2D eigenvalue weighted by Gasteiger charge is -2.39. The first-order valence-electron chi connectivity index (χ1n) is 9.48. The lowest BCUT2D eigenvalue weighted by Crippen LogP contribution is -2.45. The monoisotopic (exact) mass is 368 g/mol. The summed E-state index contributed by atoms with van der Waals surface area (Å²) in [6, 6.07) is 10.5. The van der Waals surface area contributed by atoms with Crippen LogP contribution >= 0.6 is 11.6 Å². The van der Waals surface area contributed by atoms with Crippen LogP contribution in [0.25, 0.3) is 0 Å². The minimum Gasteiger partial charge on any atom is -0.298 e. The van der Waals surface area contributed by atoms with Crippen LogP contribution in [0.15, 0.2) is 36.5 Å². The summed E-state index contributed by atoms with van der Waals surface area (Å²) in [5.74, 6) is 0.810. The molecule has 2 heterocycles. The van der Waals surface area contributed by atoms with E-state index in [0.717, 1.165) is 42.9 Å². The Labute approximate surface area is 160 Å². The molecular formula is C22H25ClN2O. The standard InChI is InChI=1S/C22H25ClN2O/c1-14(26)19-13-17(10-12-25(19)2)21-20-15(5-3-7-18(20)23)8-9-16-6-4-11-24-22(16)21/h3-7,11,17,19,21H,8-10,12-13H2,1-2H3/t17?,19-,21-/m1/s1. The Morgan fingerprint density at radius 1 is 1.19 bits per heavy atom. The lowest BCUT2D eigenvalue weighted by atomic mass is 9.74. The Morgan fingerprint density at radius 3 is 2.77 bits per heavy atom. The van der Waals surface area contributed by atoms with E-state index >= 15 is 0 Å². The molecule has 0 N–H and O–H groups in total. The first-order chi connectivity index (χ1) is 12.6. The van der Waals surface area contributed by atoms with Gasteiger partial charge in [-0.15, -0.1) is 0 Å². The maximum Gasteiger partial charge on any atom is 0.146 e. The molecule has 1 fully saturated rings. The minimum atomic E-state index is -0.00453. The topological polar surface area (TPSA) is 33.2 Å². The van der Waals surface area contributed by atoms with Crippen molar-refractivity contribution in [3.63, 3.8) is 0 Å². The smallest absolute Gasteiger partial charge is 0.146 e. The number of hydrogen-bond donors (Lipinski definition) is 0. The van der Waals surface area contributed by atoms with Crippen molar-refractivity contribution in [1.29, 1.82) is 0 Å². The average molecular weight is 369 g/mol. The summed E-state index contributed by atoms with van der Waals surface area (Å²) in [4.78, 5) is 19.2. The second-order valence-electron chi connectivity index (χ2n) is 7.73. The number of pyridine rings is 1. The van der Waals surface area contributed by atoms with Gasteiger partial charge in [-0.3, -0.25) is 14.7 Å². The number of likely N-dealkylation sites (N-methyl/N-ethyl adjacent to an activating group) is 1. The second kappa shape index (κ2) is 7.13. The summed E-state index contributed by atoms with van der Waals surface area (Å²) in [7, 11) is 2.06. The number of fused-ring (bicyclic) bond motifs is 2. The Balaban J connectivity index is 1.83. The van der Waals surface area contributed by atoms with Crippen LogP contribution in [0.5, 0.6) is 0 Å². The van der Waals surface area contributed by atoms with Gasteiger partial charge in [-0.2, -0.15) is 0 Å². The largest absolute Gasteiger partial charge is 0.298 e. The fourth-order valence-corrected chi connectivity index (χ4v) is 5.16. The summed E-state index contributed by atoms with van der Waals surface area (Å²) in [6.07, 6.45) is 5.82. The van der Waals surface area contributed by atoms with E-state index in [4.69, 9.17) is 16.6 Å². The third-order valence-electron chi connectivity index (χ3n) is 6.19. The highest BCUT2D eigenvalue weighted by molar-refractivity contribution is 6.31. The number of hydrogen-bond acceptors (Lipinski definition) is 3. The molecule has 3 atom stereocenters. The Hall–Kier alpha value is -1.71. The van der Waals surface area contributed by atoms with Gasteiger partial charge < -0.3 is 0 Å². The molecule has 0 bridgehead atoms. The number of nitrogens with zero attached hydrogens (tertiary/aromatic N) is 2. The molecule has 26 heavy (non-hydrogen) atoms. The molecule has 136 valence electrons. The number of ketones is 1. The third-order valence-corrected chi connectivity index (χ3v) is 6.52. The quantitative estimate of drug-likeness (QED) is 0.793. The van der Waals surface area contributed by atoms with Gasteiger partial charge in [-0.25, -0.2) is 0 Å². The van der Waals surface area contributed by atoms with Crippen molar-refractivity contribution in [1.82, 2.24) is 9.88 Å². The summed E-state index contributed by atoms with van der Waals surface area (Å²) in [5.41, 5.74) is 5.06. The zero-order valence-corrected chi connectivity index (χ0v) is 16.2. The van der Waals surface area contributed by atoms with Gasteiger partial charge in [0.25, 0.3) is 0 Å². The molecule has 0 saturated carbocycles. The number of piperidine rings is 1. The predicted octanol–water partition coefficient (Wildman–Crippen LogP) is 4.26. The van der Waals surface area contributed by atoms with Crippen LogP contribution in [-0.4, -0.2) is 35.3 Å². The van der Waals surface area contributed by atoms with E-state index in [0.29, 0.717) is 5.92 Å². The zero-order valence-electron chi connectivity index (χ0n) is 15.4. The fraction of sp³-hybridized carbons (Fsp3) is 0.455. The molecule has 1 aromatic heterocycles. The fourth-order valence-electron chi connectivity index (χ4n) is 4.84. The van der Waals surface area contributed by atoms with Crippen LogP contribution in [0.3, 0.4) is 0 Å². The molecule has 3 nitrogen and oxygen atoms in total. The number of benzene rings is 1. The number of Topliss-reactive ketones (excluding diaryl/α,β-unsaturated/α-hetero) is 1. The van der Waals surface area contributed by atoms with Crippen LogP contribution in [0.1, 0.15) is 48.1 Å². The maximum absolute atomic E-state index is 12.2. The van der Waals surface area contributed by atoms with Crippen LogP contribution in [0.2, 0.25) is 5.02 Å². The van der Waals surface area contributed by atoms with E-state index < -0.39 is 0 Å². The van der Waals surface area contributed by atoms with Crippen molar-refractivity contribution in [2.24, 2.45) is 5.92 Å². The van der Waals surface area contributed by atoms with Gasteiger partial charge in [0.2, 0.25) is 0 Å². The molecular weight excluding hydrogens is 344 g/mol. The molecule has 1 unspecified atom stereocenters.